The van der Waals surface area contributed by atoms with Gasteiger partial charge in [-0.1, -0.05) is 141 Å². The summed E-state index contributed by atoms with van der Waals surface area (Å²) in [6, 6.07) is 49.6. The first-order chi connectivity index (χ1) is 22.0. The SMILES string of the molecule is CC1(C)c2ccccc2-c2c1ccc1cc(-c3nc(-c4ccccc4)nc(-c4ccc5ccc6ccccc6c5c4)n3)ccc21. The van der Waals surface area contributed by atoms with E-state index in [4.69, 9.17) is 15.0 Å². The number of aromatic nitrogens is 3. The van der Waals surface area contributed by atoms with Crippen LogP contribution in [0.25, 0.3) is 77.6 Å². The molecule has 0 aliphatic heterocycles. The normalized spacial score (nSPS) is 13.3. The molecule has 0 amide bonds. The van der Waals surface area contributed by atoms with Crippen LogP contribution >= 0.6 is 0 Å². The molecule has 0 radical (unpaired) electrons. The fraction of sp³-hybridized carbons (Fsp3) is 0.0714. The summed E-state index contributed by atoms with van der Waals surface area (Å²) in [5, 5.41) is 7.27. The van der Waals surface area contributed by atoms with Crippen molar-refractivity contribution in [3.05, 3.63) is 151 Å². The average molecular weight is 576 g/mol. The molecular weight excluding hydrogens is 546 g/mol. The van der Waals surface area contributed by atoms with E-state index >= 15 is 0 Å². The first-order valence-electron chi connectivity index (χ1n) is 15.5. The van der Waals surface area contributed by atoms with Crippen LogP contribution < -0.4 is 0 Å². The van der Waals surface area contributed by atoms with Crippen molar-refractivity contribution >= 4 is 32.3 Å². The molecule has 0 bridgehead atoms. The minimum atomic E-state index is -0.0301. The lowest BCUT2D eigenvalue weighted by Gasteiger charge is -2.21. The van der Waals surface area contributed by atoms with Crippen molar-refractivity contribution in [2.75, 3.05) is 0 Å². The van der Waals surface area contributed by atoms with Crippen molar-refractivity contribution in [2.24, 2.45) is 0 Å². The van der Waals surface area contributed by atoms with Crippen LogP contribution in [0, 0.1) is 0 Å². The molecule has 1 heterocycles. The number of nitrogens with zero attached hydrogens (tertiary/aromatic N) is 3. The quantitative estimate of drug-likeness (QED) is 0.197. The topological polar surface area (TPSA) is 38.7 Å². The van der Waals surface area contributed by atoms with Crippen LogP contribution in [0.15, 0.2) is 140 Å². The van der Waals surface area contributed by atoms with Crippen LogP contribution in [0.5, 0.6) is 0 Å². The molecule has 9 rings (SSSR count). The second-order valence-electron chi connectivity index (χ2n) is 12.5. The first kappa shape index (κ1) is 25.8. The highest BCUT2D eigenvalue weighted by atomic mass is 15.0. The van der Waals surface area contributed by atoms with Crippen LogP contribution in [0.2, 0.25) is 0 Å². The summed E-state index contributed by atoms with van der Waals surface area (Å²) in [6.45, 7) is 4.65. The number of benzene rings is 7. The molecule has 0 saturated heterocycles. The van der Waals surface area contributed by atoms with Gasteiger partial charge in [0.1, 0.15) is 0 Å². The number of fused-ring (bicyclic) bond motifs is 8. The second-order valence-corrected chi connectivity index (χ2v) is 12.5. The van der Waals surface area contributed by atoms with Crippen molar-refractivity contribution in [3.63, 3.8) is 0 Å². The Hall–Kier alpha value is -5.67. The lowest BCUT2D eigenvalue weighted by Crippen LogP contribution is -2.14. The van der Waals surface area contributed by atoms with Gasteiger partial charge in [-0.3, -0.25) is 0 Å². The molecule has 212 valence electrons. The lowest BCUT2D eigenvalue weighted by atomic mass is 9.82. The smallest absolute Gasteiger partial charge is 0.164 e. The van der Waals surface area contributed by atoms with Gasteiger partial charge in [-0.15, -0.1) is 0 Å². The van der Waals surface area contributed by atoms with E-state index in [0.29, 0.717) is 17.5 Å². The maximum absolute atomic E-state index is 5.10. The molecule has 0 fully saturated rings. The Morgan fingerprint density at radius 1 is 0.400 bits per heavy atom. The molecule has 7 aromatic carbocycles. The van der Waals surface area contributed by atoms with E-state index in [1.54, 1.807) is 0 Å². The van der Waals surface area contributed by atoms with Crippen molar-refractivity contribution in [2.45, 2.75) is 19.3 Å². The van der Waals surface area contributed by atoms with Gasteiger partial charge in [0, 0.05) is 22.1 Å². The molecule has 0 atom stereocenters. The third kappa shape index (κ3) is 4.01. The van der Waals surface area contributed by atoms with Crippen molar-refractivity contribution in [3.8, 4) is 45.3 Å². The van der Waals surface area contributed by atoms with Crippen molar-refractivity contribution in [1.82, 2.24) is 15.0 Å². The predicted molar refractivity (Wildman–Crippen MR) is 186 cm³/mol. The zero-order chi connectivity index (χ0) is 30.1. The van der Waals surface area contributed by atoms with Crippen molar-refractivity contribution < 1.29 is 0 Å². The van der Waals surface area contributed by atoms with E-state index in [-0.39, 0.29) is 5.41 Å². The van der Waals surface area contributed by atoms with E-state index in [0.717, 1.165) is 16.7 Å². The standard InChI is InChI=1S/C42H29N3/c1-42(2)36-15-9-8-14-34(36)38-33-22-20-30(24-29(33)21-23-37(38)42)40-43-39(28-11-4-3-5-12-28)44-41(45-40)31-19-18-27-17-16-26-10-6-7-13-32(26)35(27)25-31/h3-25H,1-2H3. The predicted octanol–water partition coefficient (Wildman–Crippen LogP) is 10.6. The van der Waals surface area contributed by atoms with Gasteiger partial charge in [-0.2, -0.15) is 0 Å². The summed E-state index contributed by atoms with van der Waals surface area (Å²) < 4.78 is 0. The largest absolute Gasteiger partial charge is 0.208 e. The molecule has 3 nitrogen and oxygen atoms in total. The second kappa shape index (κ2) is 9.67. The highest BCUT2D eigenvalue weighted by molar-refractivity contribution is 6.08. The van der Waals surface area contributed by atoms with E-state index in [1.807, 2.05) is 18.2 Å². The van der Waals surface area contributed by atoms with Crippen LogP contribution in [0.3, 0.4) is 0 Å². The third-order valence-electron chi connectivity index (χ3n) is 9.49. The van der Waals surface area contributed by atoms with Gasteiger partial charge in [0.15, 0.2) is 17.5 Å². The summed E-state index contributed by atoms with van der Waals surface area (Å²) in [7, 11) is 0. The minimum absolute atomic E-state index is 0.0301. The van der Waals surface area contributed by atoms with Gasteiger partial charge in [-0.05, 0) is 66.7 Å². The minimum Gasteiger partial charge on any atom is -0.208 e. The molecule has 0 unspecified atom stereocenters. The molecule has 45 heavy (non-hydrogen) atoms. The number of rotatable bonds is 3. The summed E-state index contributed by atoms with van der Waals surface area (Å²) in [6.07, 6.45) is 0. The van der Waals surface area contributed by atoms with Gasteiger partial charge in [-0.25, -0.2) is 15.0 Å². The van der Waals surface area contributed by atoms with E-state index in [9.17, 15) is 0 Å². The van der Waals surface area contributed by atoms with Crippen LogP contribution in [0.1, 0.15) is 25.0 Å². The van der Waals surface area contributed by atoms with E-state index < -0.39 is 0 Å². The summed E-state index contributed by atoms with van der Waals surface area (Å²) >= 11 is 0. The first-order valence-corrected chi connectivity index (χ1v) is 15.5. The maximum atomic E-state index is 5.10. The van der Waals surface area contributed by atoms with Gasteiger partial charge in [0.05, 0.1) is 0 Å². The molecule has 0 spiro atoms. The average Bonchev–Trinajstić information content (AvgIpc) is 3.34. The van der Waals surface area contributed by atoms with Crippen molar-refractivity contribution in [1.29, 1.82) is 0 Å². The molecule has 8 aromatic rings. The highest BCUT2D eigenvalue weighted by Crippen LogP contribution is 2.51. The lowest BCUT2D eigenvalue weighted by molar-refractivity contribution is 0.661. The summed E-state index contributed by atoms with van der Waals surface area (Å²) in [4.78, 5) is 15.1. The number of hydrogen-bond acceptors (Lipinski definition) is 3. The Morgan fingerprint density at radius 3 is 1.82 bits per heavy atom. The van der Waals surface area contributed by atoms with E-state index in [1.165, 1.54) is 54.6 Å². The molecule has 0 N–H and O–H groups in total. The third-order valence-corrected chi connectivity index (χ3v) is 9.49. The summed E-state index contributed by atoms with van der Waals surface area (Å²) in [5.41, 5.74) is 8.30. The molecule has 3 heteroatoms. The molecule has 1 aliphatic carbocycles. The zero-order valence-corrected chi connectivity index (χ0v) is 25.1. The summed E-state index contributed by atoms with van der Waals surface area (Å²) in [5.74, 6) is 2.00. The number of hydrogen-bond donors (Lipinski definition) is 0. The molecule has 1 aromatic heterocycles. The Labute approximate surface area is 261 Å². The Balaban J connectivity index is 1.24. The maximum Gasteiger partial charge on any atom is 0.164 e. The fourth-order valence-corrected chi connectivity index (χ4v) is 7.16. The molecular formula is C42H29N3. The van der Waals surface area contributed by atoms with Crippen LogP contribution in [0.4, 0.5) is 0 Å². The Bertz CT molecular complexity index is 2460. The van der Waals surface area contributed by atoms with Crippen LogP contribution in [-0.4, -0.2) is 15.0 Å². The highest BCUT2D eigenvalue weighted by Gasteiger charge is 2.36. The van der Waals surface area contributed by atoms with Gasteiger partial charge in [0.25, 0.3) is 0 Å². The van der Waals surface area contributed by atoms with Gasteiger partial charge >= 0.3 is 0 Å². The Kier molecular flexibility index (Phi) is 5.54. The molecule has 1 aliphatic rings. The Morgan fingerprint density at radius 2 is 1.00 bits per heavy atom. The van der Waals surface area contributed by atoms with Crippen LogP contribution in [-0.2, 0) is 5.41 Å². The fourth-order valence-electron chi connectivity index (χ4n) is 7.16. The van der Waals surface area contributed by atoms with Gasteiger partial charge in [0.2, 0.25) is 0 Å². The molecule has 0 saturated carbocycles. The van der Waals surface area contributed by atoms with Gasteiger partial charge < -0.3 is 0 Å². The zero-order valence-electron chi connectivity index (χ0n) is 25.1. The monoisotopic (exact) mass is 575 g/mol. The van der Waals surface area contributed by atoms with E-state index in [2.05, 4.69) is 135 Å².